The Hall–Kier alpha value is -2.04. The van der Waals surface area contributed by atoms with Gasteiger partial charge in [-0.25, -0.2) is 13.6 Å². The van der Waals surface area contributed by atoms with Crippen molar-refractivity contribution >= 4 is 44.3 Å². The summed E-state index contributed by atoms with van der Waals surface area (Å²) in [5.74, 6) is -0.102. The van der Waals surface area contributed by atoms with E-state index in [0.29, 0.717) is 18.7 Å². The highest BCUT2D eigenvalue weighted by Crippen LogP contribution is 2.39. The molecular formula is C20H21N3O3S3. The van der Waals surface area contributed by atoms with Crippen molar-refractivity contribution in [3.8, 4) is 0 Å². The fourth-order valence-corrected chi connectivity index (χ4v) is 5.88. The van der Waals surface area contributed by atoms with E-state index in [1.165, 1.54) is 27.5 Å². The number of carbonyl (C=O) groups is 1. The van der Waals surface area contributed by atoms with Crippen molar-refractivity contribution in [3.05, 3.63) is 68.5 Å². The van der Waals surface area contributed by atoms with Crippen LogP contribution in [0.5, 0.6) is 0 Å². The van der Waals surface area contributed by atoms with Crippen LogP contribution in [0, 0.1) is 0 Å². The number of hydrogen-bond donors (Lipinski definition) is 2. The Morgan fingerprint density at radius 1 is 1.14 bits per heavy atom. The third-order valence-corrected chi connectivity index (χ3v) is 7.82. The van der Waals surface area contributed by atoms with Crippen molar-refractivity contribution in [1.29, 1.82) is 0 Å². The maximum Gasteiger partial charge on any atom is 0.238 e. The Morgan fingerprint density at radius 3 is 2.62 bits per heavy atom. The number of thiophene rings is 2. The lowest BCUT2D eigenvalue weighted by Crippen LogP contribution is -2.37. The first kappa shape index (κ1) is 20.2. The molecule has 1 aliphatic heterocycles. The average Bonchev–Trinajstić information content (AvgIpc) is 3.37. The Morgan fingerprint density at radius 2 is 1.93 bits per heavy atom. The predicted molar refractivity (Wildman–Crippen MR) is 117 cm³/mol. The molecule has 9 heteroatoms. The normalized spacial score (nSPS) is 17.1. The molecule has 1 aliphatic rings. The summed E-state index contributed by atoms with van der Waals surface area (Å²) in [6, 6.07) is 12.5. The molecule has 0 spiro atoms. The first-order valence-electron chi connectivity index (χ1n) is 9.18. The smallest absolute Gasteiger partial charge is 0.238 e. The number of amides is 1. The molecule has 0 fully saturated rings. The van der Waals surface area contributed by atoms with Gasteiger partial charge in [-0.05, 0) is 59.1 Å². The molecule has 6 nitrogen and oxygen atoms in total. The van der Waals surface area contributed by atoms with Gasteiger partial charge in [-0.15, -0.1) is 22.7 Å². The number of sulfonamides is 1. The summed E-state index contributed by atoms with van der Waals surface area (Å²) in [6.07, 6.45) is 1.36. The number of benzene rings is 1. The molecule has 1 amide bonds. The summed E-state index contributed by atoms with van der Waals surface area (Å²) >= 11 is 3.55. The van der Waals surface area contributed by atoms with Gasteiger partial charge in [0.2, 0.25) is 15.9 Å². The number of rotatable bonds is 6. The SMILES string of the molecule is NS(=O)(=O)c1ccc(NC(=O)CCN2CCc3sccc3[C@@H]2c2cccs2)cc1. The van der Waals surface area contributed by atoms with Gasteiger partial charge in [-0.3, -0.25) is 9.69 Å². The van der Waals surface area contributed by atoms with Gasteiger partial charge in [0, 0.05) is 35.0 Å². The van der Waals surface area contributed by atoms with E-state index < -0.39 is 10.0 Å². The van der Waals surface area contributed by atoms with Gasteiger partial charge < -0.3 is 5.32 Å². The standard InChI is InChI=1S/C20H21N3O3S3/c21-29(25,26)15-5-3-14(4-6-15)22-19(24)8-11-23-10-7-17-16(9-13-28-17)20(23)18-2-1-12-27-18/h1-6,9,12-13,20H,7-8,10-11H2,(H,22,24)(H2,21,25,26)/t20-/m1/s1. The largest absolute Gasteiger partial charge is 0.326 e. The van der Waals surface area contributed by atoms with E-state index in [-0.39, 0.29) is 16.8 Å². The summed E-state index contributed by atoms with van der Waals surface area (Å²) in [5.41, 5.74) is 1.90. The number of anilines is 1. The highest BCUT2D eigenvalue weighted by molar-refractivity contribution is 7.89. The average molecular weight is 448 g/mol. The van der Waals surface area contributed by atoms with Crippen LogP contribution in [-0.2, 0) is 21.2 Å². The first-order valence-corrected chi connectivity index (χ1v) is 12.5. The highest BCUT2D eigenvalue weighted by atomic mass is 32.2. The van der Waals surface area contributed by atoms with Crippen molar-refractivity contribution < 1.29 is 13.2 Å². The maximum absolute atomic E-state index is 12.4. The van der Waals surface area contributed by atoms with E-state index in [9.17, 15) is 13.2 Å². The lowest BCUT2D eigenvalue weighted by molar-refractivity contribution is -0.116. The third-order valence-electron chi connectivity index (χ3n) is 4.97. The van der Waals surface area contributed by atoms with E-state index in [1.807, 2.05) is 0 Å². The van der Waals surface area contributed by atoms with Crippen LogP contribution in [0.1, 0.15) is 27.8 Å². The Kier molecular flexibility index (Phi) is 5.84. The van der Waals surface area contributed by atoms with Gasteiger partial charge in [0.15, 0.2) is 0 Å². The van der Waals surface area contributed by atoms with Crippen LogP contribution in [-0.4, -0.2) is 32.3 Å². The molecular weight excluding hydrogens is 426 g/mol. The van der Waals surface area contributed by atoms with Gasteiger partial charge in [-0.2, -0.15) is 0 Å². The molecule has 0 aliphatic carbocycles. The van der Waals surface area contributed by atoms with Crippen LogP contribution in [0.3, 0.4) is 0 Å². The van der Waals surface area contributed by atoms with Crippen LogP contribution < -0.4 is 10.5 Å². The van der Waals surface area contributed by atoms with Gasteiger partial charge in [0.05, 0.1) is 10.9 Å². The summed E-state index contributed by atoms with van der Waals surface area (Å²) in [4.78, 5) is 17.6. The first-order chi connectivity index (χ1) is 13.9. The Balaban J connectivity index is 1.41. The fraction of sp³-hybridized carbons (Fsp3) is 0.250. The second kappa shape index (κ2) is 8.37. The minimum atomic E-state index is -3.74. The molecule has 0 saturated carbocycles. The van der Waals surface area contributed by atoms with Crippen molar-refractivity contribution in [1.82, 2.24) is 4.90 Å². The minimum absolute atomic E-state index is 0.0224. The number of nitrogens with one attached hydrogen (secondary N) is 1. The quantitative estimate of drug-likeness (QED) is 0.605. The lowest BCUT2D eigenvalue weighted by atomic mass is 9.98. The molecule has 29 heavy (non-hydrogen) atoms. The van der Waals surface area contributed by atoms with Crippen molar-refractivity contribution in [2.75, 3.05) is 18.4 Å². The molecule has 3 N–H and O–H groups in total. The highest BCUT2D eigenvalue weighted by Gasteiger charge is 2.30. The predicted octanol–water partition coefficient (Wildman–Crippen LogP) is 3.43. The second-order valence-corrected chi connectivity index (χ2v) is 10.4. The summed E-state index contributed by atoms with van der Waals surface area (Å²) in [5, 5.41) is 12.2. The zero-order valence-corrected chi connectivity index (χ0v) is 18.0. The molecule has 0 unspecified atom stereocenters. The molecule has 2 aromatic heterocycles. The van der Waals surface area contributed by atoms with Gasteiger partial charge in [0.1, 0.15) is 0 Å². The topological polar surface area (TPSA) is 92.5 Å². The summed E-state index contributed by atoms with van der Waals surface area (Å²) in [6.45, 7) is 1.57. The fourth-order valence-electron chi connectivity index (χ4n) is 3.59. The molecule has 1 aromatic carbocycles. The van der Waals surface area contributed by atoms with Crippen LogP contribution in [0.25, 0.3) is 0 Å². The maximum atomic E-state index is 12.4. The van der Waals surface area contributed by atoms with E-state index in [2.05, 4.69) is 39.2 Å². The van der Waals surface area contributed by atoms with E-state index in [1.54, 1.807) is 34.8 Å². The Bertz CT molecular complexity index is 1090. The summed E-state index contributed by atoms with van der Waals surface area (Å²) in [7, 11) is -3.74. The van der Waals surface area contributed by atoms with E-state index in [4.69, 9.17) is 5.14 Å². The molecule has 3 heterocycles. The van der Waals surface area contributed by atoms with Gasteiger partial charge >= 0.3 is 0 Å². The monoisotopic (exact) mass is 447 g/mol. The molecule has 0 radical (unpaired) electrons. The lowest BCUT2D eigenvalue weighted by Gasteiger charge is -2.35. The molecule has 3 aromatic rings. The van der Waals surface area contributed by atoms with Gasteiger partial charge in [-0.1, -0.05) is 6.07 Å². The van der Waals surface area contributed by atoms with Crippen LogP contribution in [0.2, 0.25) is 0 Å². The van der Waals surface area contributed by atoms with Crippen LogP contribution >= 0.6 is 22.7 Å². The number of nitrogens with two attached hydrogens (primary N) is 1. The number of nitrogens with zero attached hydrogens (tertiary/aromatic N) is 1. The van der Waals surface area contributed by atoms with E-state index in [0.717, 1.165) is 13.0 Å². The molecule has 1 atom stereocenters. The van der Waals surface area contributed by atoms with E-state index >= 15 is 0 Å². The number of fused-ring (bicyclic) bond motifs is 1. The van der Waals surface area contributed by atoms with Crippen LogP contribution in [0.15, 0.2) is 58.1 Å². The van der Waals surface area contributed by atoms with Crippen molar-refractivity contribution in [3.63, 3.8) is 0 Å². The van der Waals surface area contributed by atoms with Gasteiger partial charge in [0.25, 0.3) is 0 Å². The molecule has 0 saturated heterocycles. The van der Waals surface area contributed by atoms with Crippen molar-refractivity contribution in [2.45, 2.75) is 23.8 Å². The number of primary sulfonamides is 1. The molecule has 152 valence electrons. The number of carbonyl (C=O) groups excluding carboxylic acids is 1. The zero-order valence-electron chi connectivity index (χ0n) is 15.6. The zero-order chi connectivity index (χ0) is 20.4. The minimum Gasteiger partial charge on any atom is -0.326 e. The Labute approximate surface area is 178 Å². The second-order valence-electron chi connectivity index (χ2n) is 6.87. The van der Waals surface area contributed by atoms with Crippen LogP contribution in [0.4, 0.5) is 5.69 Å². The third kappa shape index (κ3) is 4.59. The summed E-state index contributed by atoms with van der Waals surface area (Å²) < 4.78 is 22.7. The molecule has 0 bridgehead atoms. The van der Waals surface area contributed by atoms with Crippen molar-refractivity contribution in [2.24, 2.45) is 5.14 Å². The number of hydrogen-bond acceptors (Lipinski definition) is 6. The molecule has 4 rings (SSSR count).